The number of anilines is 1. The number of rotatable bonds is 4. The Bertz CT molecular complexity index is 474. The molecule has 0 fully saturated rings. The number of esters is 1. The molecule has 0 saturated carbocycles. The Hall–Kier alpha value is -1.96. The second-order valence-electron chi connectivity index (χ2n) is 3.08. The Kier molecular flexibility index (Phi) is 4.99. The highest BCUT2D eigenvalue weighted by molar-refractivity contribution is 6.82. The summed E-state index contributed by atoms with van der Waals surface area (Å²) in [6, 6.07) is 4.70. The molecular weight excluding hydrogens is 289 g/mol. The van der Waals surface area contributed by atoms with E-state index in [0.717, 1.165) is 19.2 Å². The molecule has 19 heavy (non-hydrogen) atoms. The van der Waals surface area contributed by atoms with E-state index in [1.165, 1.54) is 12.1 Å². The highest BCUT2D eigenvalue weighted by atomic mass is 35.5. The van der Waals surface area contributed by atoms with E-state index >= 15 is 0 Å². The predicted octanol–water partition coefficient (Wildman–Crippen LogP) is 2.72. The third kappa shape index (κ3) is 5.47. The molecule has 0 heterocycles. The molecular formula is C10H8ClF3N2O3. The number of hydrazone groups is 1. The number of hydrogen-bond donors (Lipinski definition) is 1. The first kappa shape index (κ1) is 15.1. The second-order valence-corrected chi connectivity index (χ2v) is 3.44. The number of benzene rings is 1. The van der Waals surface area contributed by atoms with Gasteiger partial charge in [0, 0.05) is 0 Å². The van der Waals surface area contributed by atoms with Gasteiger partial charge in [0.25, 0.3) is 0 Å². The molecule has 0 radical (unpaired) electrons. The summed E-state index contributed by atoms with van der Waals surface area (Å²) >= 11 is 5.44. The number of nitrogens with one attached hydrogen (secondary N) is 1. The summed E-state index contributed by atoms with van der Waals surface area (Å²) in [4.78, 5) is 10.9. The van der Waals surface area contributed by atoms with Crippen molar-refractivity contribution in [3.63, 3.8) is 0 Å². The van der Waals surface area contributed by atoms with Gasteiger partial charge in [0.2, 0.25) is 5.17 Å². The SMILES string of the molecule is COC(=O)/C(Cl)=N/Nc1ccc(OC(F)(F)F)cc1. The molecule has 1 aromatic carbocycles. The van der Waals surface area contributed by atoms with Crippen LogP contribution in [0.5, 0.6) is 5.75 Å². The van der Waals surface area contributed by atoms with Gasteiger partial charge in [-0.15, -0.1) is 13.2 Å². The lowest BCUT2D eigenvalue weighted by Gasteiger charge is -2.09. The summed E-state index contributed by atoms with van der Waals surface area (Å²) in [5.41, 5.74) is 2.68. The molecule has 0 amide bonds. The third-order valence-corrected chi connectivity index (χ3v) is 1.96. The average Bonchev–Trinajstić information content (AvgIpc) is 2.34. The Morgan fingerprint density at radius 3 is 2.37 bits per heavy atom. The molecule has 1 N–H and O–H groups in total. The first-order valence-corrected chi connectivity index (χ1v) is 5.13. The molecule has 0 spiro atoms. The minimum absolute atomic E-state index is 0.316. The predicted molar refractivity (Wildman–Crippen MR) is 62.1 cm³/mol. The molecule has 0 aliphatic rings. The Morgan fingerprint density at radius 2 is 1.89 bits per heavy atom. The monoisotopic (exact) mass is 296 g/mol. The normalized spacial score (nSPS) is 11.9. The Balaban J connectivity index is 2.65. The van der Waals surface area contributed by atoms with E-state index in [2.05, 4.69) is 20.0 Å². The summed E-state index contributed by atoms with van der Waals surface area (Å²) in [5, 5.41) is 3.02. The zero-order valence-corrected chi connectivity index (χ0v) is 10.2. The van der Waals surface area contributed by atoms with Gasteiger partial charge in [-0.25, -0.2) is 4.79 Å². The van der Waals surface area contributed by atoms with E-state index in [1.807, 2.05) is 0 Å². The summed E-state index contributed by atoms with van der Waals surface area (Å²) in [7, 11) is 1.13. The maximum absolute atomic E-state index is 11.9. The minimum Gasteiger partial charge on any atom is -0.464 e. The van der Waals surface area contributed by atoms with Gasteiger partial charge in [-0.1, -0.05) is 11.6 Å². The van der Waals surface area contributed by atoms with Crippen LogP contribution < -0.4 is 10.2 Å². The van der Waals surface area contributed by atoms with Crippen LogP contribution in [0.2, 0.25) is 0 Å². The van der Waals surface area contributed by atoms with Crippen LogP contribution >= 0.6 is 11.6 Å². The lowest BCUT2D eigenvalue weighted by atomic mass is 10.3. The summed E-state index contributed by atoms with van der Waals surface area (Å²) in [5.74, 6) is -1.22. The minimum atomic E-state index is -4.75. The zero-order chi connectivity index (χ0) is 14.5. The molecule has 9 heteroatoms. The summed E-state index contributed by atoms with van der Waals surface area (Å²) < 4.78 is 43.6. The zero-order valence-electron chi connectivity index (χ0n) is 9.49. The maximum Gasteiger partial charge on any atom is 0.573 e. The van der Waals surface area contributed by atoms with Gasteiger partial charge in [0.15, 0.2) is 0 Å². The number of alkyl halides is 3. The van der Waals surface area contributed by atoms with Crippen molar-refractivity contribution in [1.29, 1.82) is 0 Å². The summed E-state index contributed by atoms with van der Waals surface area (Å²) in [6.45, 7) is 0. The van der Waals surface area contributed by atoms with Crippen LogP contribution in [0.1, 0.15) is 0 Å². The third-order valence-electron chi connectivity index (χ3n) is 1.72. The second kappa shape index (κ2) is 6.28. The first-order valence-electron chi connectivity index (χ1n) is 4.75. The number of ether oxygens (including phenoxy) is 2. The first-order chi connectivity index (χ1) is 8.81. The standard InChI is InChI=1S/C10H8ClF3N2O3/c1-18-9(17)8(11)16-15-6-2-4-7(5-3-6)19-10(12,13)14/h2-5,15H,1H3/b16-8-. The van der Waals surface area contributed by atoms with E-state index in [-0.39, 0.29) is 5.75 Å². The highest BCUT2D eigenvalue weighted by Gasteiger charge is 2.30. The van der Waals surface area contributed by atoms with E-state index in [9.17, 15) is 18.0 Å². The van der Waals surface area contributed by atoms with Crippen LogP contribution in [-0.2, 0) is 9.53 Å². The van der Waals surface area contributed by atoms with Crippen molar-refractivity contribution < 1.29 is 27.4 Å². The van der Waals surface area contributed by atoms with Crippen molar-refractivity contribution in [2.24, 2.45) is 5.10 Å². The van der Waals surface area contributed by atoms with Crippen LogP contribution in [-0.4, -0.2) is 24.6 Å². The largest absolute Gasteiger partial charge is 0.573 e. The smallest absolute Gasteiger partial charge is 0.464 e. The quantitative estimate of drug-likeness (QED) is 0.527. The van der Waals surface area contributed by atoms with Crippen molar-refractivity contribution >= 4 is 28.4 Å². The van der Waals surface area contributed by atoms with Crippen molar-refractivity contribution in [3.8, 4) is 5.75 Å². The number of halogens is 4. The average molecular weight is 297 g/mol. The van der Waals surface area contributed by atoms with Crippen molar-refractivity contribution in [2.75, 3.05) is 12.5 Å². The summed E-state index contributed by atoms with van der Waals surface area (Å²) in [6.07, 6.45) is -4.75. The van der Waals surface area contributed by atoms with Crippen molar-refractivity contribution in [3.05, 3.63) is 24.3 Å². The molecule has 0 bridgehead atoms. The van der Waals surface area contributed by atoms with Gasteiger partial charge in [-0.05, 0) is 24.3 Å². The molecule has 104 valence electrons. The molecule has 0 aromatic heterocycles. The number of nitrogens with zero attached hydrogens (tertiary/aromatic N) is 1. The topological polar surface area (TPSA) is 59.9 Å². The molecule has 1 rings (SSSR count). The molecule has 0 unspecified atom stereocenters. The maximum atomic E-state index is 11.9. The number of carbonyl (C=O) groups excluding carboxylic acids is 1. The number of methoxy groups -OCH3 is 1. The fourth-order valence-corrected chi connectivity index (χ4v) is 1.09. The van der Waals surface area contributed by atoms with Gasteiger partial charge >= 0.3 is 12.3 Å². The van der Waals surface area contributed by atoms with E-state index in [0.29, 0.717) is 5.69 Å². The van der Waals surface area contributed by atoms with Gasteiger partial charge < -0.3 is 9.47 Å². The van der Waals surface area contributed by atoms with Crippen LogP contribution in [0, 0.1) is 0 Å². The van der Waals surface area contributed by atoms with Crippen molar-refractivity contribution in [2.45, 2.75) is 6.36 Å². The number of hydrogen-bond acceptors (Lipinski definition) is 5. The molecule has 0 saturated heterocycles. The van der Waals surface area contributed by atoms with Crippen LogP contribution in [0.15, 0.2) is 29.4 Å². The fraction of sp³-hybridized carbons (Fsp3) is 0.200. The van der Waals surface area contributed by atoms with Gasteiger partial charge in [-0.3, -0.25) is 5.43 Å². The van der Waals surface area contributed by atoms with E-state index in [4.69, 9.17) is 11.6 Å². The van der Waals surface area contributed by atoms with Crippen LogP contribution in [0.4, 0.5) is 18.9 Å². The molecule has 5 nitrogen and oxygen atoms in total. The molecule has 0 aliphatic heterocycles. The molecule has 1 aromatic rings. The van der Waals surface area contributed by atoms with Gasteiger partial charge in [0.1, 0.15) is 5.75 Å². The number of carbonyl (C=O) groups is 1. The van der Waals surface area contributed by atoms with Gasteiger partial charge in [-0.2, -0.15) is 5.10 Å². The molecule has 0 atom stereocenters. The Morgan fingerprint density at radius 1 is 1.32 bits per heavy atom. The Labute approximate surface area is 110 Å². The highest BCUT2D eigenvalue weighted by Crippen LogP contribution is 2.23. The fourth-order valence-electron chi connectivity index (χ4n) is 0.975. The molecule has 0 aliphatic carbocycles. The van der Waals surface area contributed by atoms with Crippen LogP contribution in [0.3, 0.4) is 0 Å². The van der Waals surface area contributed by atoms with E-state index in [1.54, 1.807) is 0 Å². The lowest BCUT2D eigenvalue weighted by Crippen LogP contribution is -2.17. The van der Waals surface area contributed by atoms with Crippen molar-refractivity contribution in [1.82, 2.24) is 0 Å². The van der Waals surface area contributed by atoms with Crippen LogP contribution in [0.25, 0.3) is 0 Å². The van der Waals surface area contributed by atoms with Gasteiger partial charge in [0.05, 0.1) is 12.8 Å². The van der Waals surface area contributed by atoms with E-state index < -0.39 is 17.5 Å². The lowest BCUT2D eigenvalue weighted by molar-refractivity contribution is -0.274.